The predicted molar refractivity (Wildman–Crippen MR) is 62.6 cm³/mol. The van der Waals surface area contributed by atoms with E-state index >= 15 is 0 Å². The third-order valence-corrected chi connectivity index (χ3v) is 3.57. The van der Waals surface area contributed by atoms with E-state index in [0.717, 1.165) is 0 Å². The van der Waals surface area contributed by atoms with E-state index in [4.69, 9.17) is 19.3 Å². The van der Waals surface area contributed by atoms with Gasteiger partial charge in [0.1, 0.15) is 42.7 Å². The summed E-state index contributed by atoms with van der Waals surface area (Å²) < 4.78 is 15.2. The van der Waals surface area contributed by atoms with Gasteiger partial charge in [-0.3, -0.25) is 0 Å². The molecule has 2 saturated heterocycles. The van der Waals surface area contributed by atoms with Crippen molar-refractivity contribution < 1.29 is 50.0 Å². The number of ether oxygens (including phenoxy) is 3. The zero-order valence-corrected chi connectivity index (χ0v) is 11.0. The smallest absolute Gasteiger partial charge is 0.189 e. The van der Waals surface area contributed by atoms with Gasteiger partial charge in [-0.05, 0) is 0 Å². The third-order valence-electron chi connectivity index (χ3n) is 3.57. The Bertz CT molecular complexity index is 339. The Morgan fingerprint density at radius 3 is 2.05 bits per heavy atom. The van der Waals surface area contributed by atoms with Gasteiger partial charge >= 0.3 is 0 Å². The summed E-state index contributed by atoms with van der Waals surface area (Å²) in [4.78, 5) is 0. The van der Waals surface area contributed by atoms with Gasteiger partial charge in [0.25, 0.3) is 0 Å². The van der Waals surface area contributed by atoms with Gasteiger partial charge in [-0.25, -0.2) is 0 Å². The molecular weight excluding hydrogens is 292 g/mol. The maximum atomic E-state index is 9.77. The zero-order chi connectivity index (χ0) is 15.7. The Kier molecular flexibility index (Phi) is 5.48. The lowest BCUT2D eigenvalue weighted by atomic mass is 9.99. The summed E-state index contributed by atoms with van der Waals surface area (Å²) in [6, 6.07) is 0. The summed E-state index contributed by atoms with van der Waals surface area (Å²) in [7, 11) is 0. The van der Waals surface area contributed by atoms with Crippen LogP contribution in [0.25, 0.3) is 0 Å². The lowest BCUT2D eigenvalue weighted by Crippen LogP contribution is -2.62. The van der Waals surface area contributed by atoms with Gasteiger partial charge in [0.05, 0.1) is 13.2 Å². The fourth-order valence-electron chi connectivity index (χ4n) is 2.21. The van der Waals surface area contributed by atoms with Gasteiger partial charge in [0, 0.05) is 0 Å². The molecule has 10 nitrogen and oxygen atoms in total. The molecule has 2 rings (SSSR count). The summed E-state index contributed by atoms with van der Waals surface area (Å²) in [5.41, 5.74) is 0. The Morgan fingerprint density at radius 1 is 0.810 bits per heavy atom. The second kappa shape index (κ2) is 6.79. The summed E-state index contributed by atoms with van der Waals surface area (Å²) in [5, 5.41) is 66.5. The van der Waals surface area contributed by atoms with Gasteiger partial charge in [0.15, 0.2) is 12.6 Å². The lowest BCUT2D eigenvalue weighted by Gasteiger charge is -2.42. The maximum absolute atomic E-state index is 9.77. The summed E-state index contributed by atoms with van der Waals surface area (Å²) in [6.45, 7) is -0.930. The molecule has 1 unspecified atom stereocenters. The first-order chi connectivity index (χ1) is 9.86. The second-order valence-electron chi connectivity index (χ2n) is 5.08. The molecule has 10 heteroatoms. The van der Waals surface area contributed by atoms with Crippen LogP contribution in [-0.2, 0) is 14.2 Å². The molecule has 124 valence electrons. The predicted octanol–water partition coefficient (Wildman–Crippen LogP) is -4.76. The van der Waals surface area contributed by atoms with Crippen LogP contribution in [0.1, 0.15) is 0 Å². The van der Waals surface area contributed by atoms with Gasteiger partial charge in [-0.2, -0.15) is 0 Å². The molecule has 0 bridgehead atoms. The van der Waals surface area contributed by atoms with Gasteiger partial charge in [-0.15, -0.1) is 0 Å². The normalized spacial score (nSPS) is 51.9. The van der Waals surface area contributed by atoms with Crippen LogP contribution in [0.15, 0.2) is 0 Å². The van der Waals surface area contributed by atoms with Crippen molar-refractivity contribution in [2.24, 2.45) is 0 Å². The Hall–Kier alpha value is -0.400. The van der Waals surface area contributed by atoms with Gasteiger partial charge in [-0.1, -0.05) is 0 Å². The fourth-order valence-corrected chi connectivity index (χ4v) is 2.21. The lowest BCUT2D eigenvalue weighted by molar-refractivity contribution is -0.365. The van der Waals surface area contributed by atoms with Gasteiger partial charge in [0.2, 0.25) is 0 Å². The highest BCUT2D eigenvalue weighted by atomic mass is 16.8. The average Bonchev–Trinajstić information content (AvgIpc) is 2.48. The first-order valence-corrected chi connectivity index (χ1v) is 6.48. The quantitative estimate of drug-likeness (QED) is 0.268. The van der Waals surface area contributed by atoms with E-state index < -0.39 is 61.9 Å². The molecule has 2 aliphatic heterocycles. The first kappa shape index (κ1) is 17.0. The zero-order valence-electron chi connectivity index (χ0n) is 11.0. The van der Waals surface area contributed by atoms with Crippen LogP contribution in [0, 0.1) is 0 Å². The van der Waals surface area contributed by atoms with E-state index in [-0.39, 0.29) is 6.61 Å². The molecule has 2 aliphatic rings. The minimum Gasteiger partial charge on any atom is -0.394 e. The molecule has 0 aromatic rings. The summed E-state index contributed by atoms with van der Waals surface area (Å²) >= 11 is 0. The molecule has 7 N–H and O–H groups in total. The molecule has 0 radical (unpaired) electrons. The van der Waals surface area contributed by atoms with E-state index in [0.29, 0.717) is 0 Å². The van der Waals surface area contributed by atoms with Crippen molar-refractivity contribution in [2.45, 2.75) is 55.3 Å². The van der Waals surface area contributed by atoms with E-state index in [1.165, 1.54) is 0 Å². The number of hydrogen-bond donors (Lipinski definition) is 7. The Morgan fingerprint density at radius 2 is 1.43 bits per heavy atom. The highest BCUT2D eigenvalue weighted by Crippen LogP contribution is 2.25. The summed E-state index contributed by atoms with van der Waals surface area (Å²) in [5.74, 6) is 0. The van der Waals surface area contributed by atoms with Crippen molar-refractivity contribution >= 4 is 0 Å². The average molecular weight is 312 g/mol. The molecule has 2 fully saturated rings. The first-order valence-electron chi connectivity index (χ1n) is 6.48. The van der Waals surface area contributed by atoms with E-state index in [9.17, 15) is 30.6 Å². The van der Waals surface area contributed by atoms with Crippen LogP contribution in [0.5, 0.6) is 0 Å². The molecule has 9 atom stereocenters. The van der Waals surface area contributed by atoms with Crippen LogP contribution >= 0.6 is 0 Å². The molecule has 0 amide bonds. The Balaban J connectivity index is 2.01. The van der Waals surface area contributed by atoms with Crippen LogP contribution in [0.4, 0.5) is 0 Å². The van der Waals surface area contributed by atoms with E-state index in [1.54, 1.807) is 0 Å². The van der Waals surface area contributed by atoms with Crippen LogP contribution in [0.2, 0.25) is 0 Å². The number of hydrogen-bond acceptors (Lipinski definition) is 10. The van der Waals surface area contributed by atoms with Crippen LogP contribution in [-0.4, -0.2) is 104 Å². The van der Waals surface area contributed by atoms with Gasteiger partial charge < -0.3 is 50.0 Å². The molecule has 2 heterocycles. The molecular formula is C11H20O10. The van der Waals surface area contributed by atoms with Crippen molar-refractivity contribution in [3.63, 3.8) is 0 Å². The van der Waals surface area contributed by atoms with E-state index in [2.05, 4.69) is 0 Å². The van der Waals surface area contributed by atoms with Crippen molar-refractivity contribution in [1.29, 1.82) is 0 Å². The minimum atomic E-state index is -1.65. The van der Waals surface area contributed by atoms with Crippen molar-refractivity contribution in [3.05, 3.63) is 0 Å². The molecule has 0 spiro atoms. The molecule has 0 aromatic carbocycles. The van der Waals surface area contributed by atoms with Crippen LogP contribution < -0.4 is 0 Å². The Labute approximate surface area is 119 Å². The monoisotopic (exact) mass is 312 g/mol. The highest BCUT2D eigenvalue weighted by Gasteiger charge is 2.47. The number of aliphatic hydroxyl groups is 7. The third kappa shape index (κ3) is 3.35. The fraction of sp³-hybridized carbons (Fsp3) is 1.00. The summed E-state index contributed by atoms with van der Waals surface area (Å²) in [6.07, 6.45) is -13.3. The minimum absolute atomic E-state index is 0.305. The van der Waals surface area contributed by atoms with Crippen LogP contribution in [0.3, 0.4) is 0 Å². The van der Waals surface area contributed by atoms with E-state index in [1.807, 2.05) is 0 Å². The van der Waals surface area contributed by atoms with Crippen molar-refractivity contribution in [1.82, 2.24) is 0 Å². The largest absolute Gasteiger partial charge is 0.394 e. The number of aliphatic hydroxyl groups excluding tert-OH is 7. The standard InChI is InChI=1S/C11H20O10/c12-1-4-6(15)7(16)9(18)11(20-4)21-10-8(17)5(14)3(13)2-19-10/h3-18H,1-2H2/t3-,4+,5-,6+,7-,8+,9+,10?,11+/m0/s1. The van der Waals surface area contributed by atoms with Crippen molar-refractivity contribution in [3.8, 4) is 0 Å². The van der Waals surface area contributed by atoms with Crippen molar-refractivity contribution in [2.75, 3.05) is 13.2 Å². The number of rotatable bonds is 3. The highest BCUT2D eigenvalue weighted by molar-refractivity contribution is 4.90. The SMILES string of the molecule is OC[C@H]1O[C@H](OC2OC[C@H](O)[C@H](O)[C@H]2O)[C@H](O)[C@@H](O)[C@@H]1O. The molecule has 21 heavy (non-hydrogen) atoms. The molecule has 0 aromatic heterocycles. The topological polar surface area (TPSA) is 169 Å². The molecule has 0 aliphatic carbocycles. The maximum Gasteiger partial charge on any atom is 0.189 e. The second-order valence-corrected chi connectivity index (χ2v) is 5.08. The molecule has 0 saturated carbocycles.